The van der Waals surface area contributed by atoms with Gasteiger partial charge in [0.25, 0.3) is 0 Å². The summed E-state index contributed by atoms with van der Waals surface area (Å²) in [5, 5.41) is 0. The first-order valence-electron chi connectivity index (χ1n) is 3.97. The molecule has 0 bridgehead atoms. The molecule has 0 saturated carbocycles. The summed E-state index contributed by atoms with van der Waals surface area (Å²) < 4.78 is 77.6. The molecule has 0 aliphatic heterocycles. The van der Waals surface area contributed by atoms with Crippen LogP contribution in [0.15, 0.2) is 12.3 Å². The van der Waals surface area contributed by atoms with Crippen LogP contribution >= 0.6 is 0 Å². The standard InChI is InChI=1S/C7H5BF6NO.K/c1-16-5-2-4(8(12,13)14)3-15-6(5)7(9,10)11;/h2-3H,1H3;/q-1;+1. The Morgan fingerprint density at radius 3 is 2.12 bits per heavy atom. The normalized spacial score (nSPS) is 11.9. The third-order valence-electron chi connectivity index (χ3n) is 1.74. The first-order valence-corrected chi connectivity index (χ1v) is 3.97. The summed E-state index contributed by atoms with van der Waals surface area (Å²) in [5.74, 6) is -0.941. The number of ether oxygens (including phenoxy) is 1. The van der Waals surface area contributed by atoms with Crippen LogP contribution in [0.25, 0.3) is 0 Å². The average molecular weight is 283 g/mol. The molecule has 0 radical (unpaired) electrons. The van der Waals surface area contributed by atoms with Gasteiger partial charge in [0.05, 0.1) is 7.11 Å². The number of alkyl halides is 3. The Bertz CT molecular complexity index is 393. The fourth-order valence-electron chi connectivity index (χ4n) is 1.01. The SMILES string of the molecule is COc1cc([B-](F)(F)F)cnc1C(F)(F)F.[K+]. The largest absolute Gasteiger partial charge is 1.00 e. The van der Waals surface area contributed by atoms with Crippen LogP contribution in [0.5, 0.6) is 5.75 Å². The van der Waals surface area contributed by atoms with E-state index >= 15 is 0 Å². The third-order valence-corrected chi connectivity index (χ3v) is 1.74. The molecule has 0 saturated heterocycles. The number of nitrogens with zero attached hydrogens (tertiary/aromatic N) is 1. The van der Waals surface area contributed by atoms with E-state index in [1.165, 1.54) is 0 Å². The Morgan fingerprint density at radius 2 is 1.76 bits per heavy atom. The molecule has 10 heteroatoms. The molecule has 0 N–H and O–H groups in total. The molecule has 0 spiro atoms. The molecule has 90 valence electrons. The maximum absolute atomic E-state index is 12.2. The van der Waals surface area contributed by atoms with Crippen LogP contribution in [0.4, 0.5) is 26.1 Å². The fourth-order valence-corrected chi connectivity index (χ4v) is 1.01. The Morgan fingerprint density at radius 1 is 1.24 bits per heavy atom. The molecule has 0 aliphatic carbocycles. The van der Waals surface area contributed by atoms with Crippen LogP contribution in [-0.2, 0) is 6.18 Å². The number of methoxy groups -OCH3 is 1. The number of hydrogen-bond acceptors (Lipinski definition) is 2. The van der Waals surface area contributed by atoms with Gasteiger partial charge in [-0.25, -0.2) is 0 Å². The molecular formula is C7H5BF6KNO. The maximum Gasteiger partial charge on any atom is 1.00 e. The minimum atomic E-state index is -5.40. The van der Waals surface area contributed by atoms with E-state index in [4.69, 9.17) is 0 Å². The molecule has 1 aromatic heterocycles. The van der Waals surface area contributed by atoms with Gasteiger partial charge < -0.3 is 17.7 Å². The topological polar surface area (TPSA) is 22.1 Å². The number of hydrogen-bond donors (Lipinski definition) is 0. The van der Waals surface area contributed by atoms with E-state index in [0.717, 1.165) is 7.11 Å². The molecule has 0 fully saturated rings. The van der Waals surface area contributed by atoms with Crippen molar-refractivity contribution in [3.8, 4) is 5.75 Å². The van der Waals surface area contributed by atoms with Crippen molar-refractivity contribution >= 4 is 12.4 Å². The van der Waals surface area contributed by atoms with Crippen molar-refractivity contribution in [2.24, 2.45) is 0 Å². The van der Waals surface area contributed by atoms with Gasteiger partial charge in [0.1, 0.15) is 5.75 Å². The van der Waals surface area contributed by atoms with Gasteiger partial charge in [-0.15, -0.1) is 0 Å². The van der Waals surface area contributed by atoms with Crippen molar-refractivity contribution in [3.63, 3.8) is 0 Å². The van der Waals surface area contributed by atoms with Crippen LogP contribution < -0.4 is 61.6 Å². The van der Waals surface area contributed by atoms with Crippen molar-refractivity contribution < 1.29 is 82.2 Å². The molecule has 0 aliphatic rings. The minimum absolute atomic E-state index is 0. The molecule has 17 heavy (non-hydrogen) atoms. The summed E-state index contributed by atoms with van der Waals surface area (Å²) in [7, 11) is 0.847. The molecule has 1 rings (SSSR count). The molecule has 0 atom stereocenters. The quantitative estimate of drug-likeness (QED) is 0.522. The second kappa shape index (κ2) is 5.91. The Balaban J connectivity index is 0.00000256. The van der Waals surface area contributed by atoms with Crippen molar-refractivity contribution in [1.82, 2.24) is 4.98 Å². The predicted octanol–water partition coefficient (Wildman–Crippen LogP) is -0.833. The van der Waals surface area contributed by atoms with Crippen LogP contribution in [0, 0.1) is 0 Å². The molecule has 0 amide bonds. The zero-order valence-electron chi connectivity index (χ0n) is 8.86. The fraction of sp³-hybridized carbons (Fsp3) is 0.286. The second-order valence-corrected chi connectivity index (χ2v) is 2.89. The summed E-state index contributed by atoms with van der Waals surface area (Å²) in [6, 6.07) is 0.288. The van der Waals surface area contributed by atoms with Crippen molar-refractivity contribution in [2.45, 2.75) is 6.18 Å². The molecule has 2 nitrogen and oxygen atoms in total. The smallest absolute Gasteiger partial charge is 0.495 e. The Labute approximate surface area is 135 Å². The van der Waals surface area contributed by atoms with Crippen molar-refractivity contribution in [1.29, 1.82) is 0 Å². The second-order valence-electron chi connectivity index (χ2n) is 2.89. The van der Waals surface area contributed by atoms with Gasteiger partial charge in [0, 0.05) is 6.20 Å². The van der Waals surface area contributed by atoms with Gasteiger partial charge in [-0.3, -0.25) is 4.98 Å². The number of halogens is 6. The van der Waals surface area contributed by atoms with E-state index in [-0.39, 0.29) is 63.6 Å². The summed E-state index contributed by atoms with van der Waals surface area (Å²) >= 11 is 0. The van der Waals surface area contributed by atoms with Crippen molar-refractivity contribution in [3.05, 3.63) is 18.0 Å². The van der Waals surface area contributed by atoms with E-state index in [2.05, 4.69) is 9.72 Å². The van der Waals surface area contributed by atoms with Gasteiger partial charge in [-0.1, -0.05) is 5.46 Å². The summed E-state index contributed by atoms with van der Waals surface area (Å²) in [5.41, 5.74) is -2.70. The molecule has 0 aromatic carbocycles. The first kappa shape index (κ1) is 17.2. The number of pyridine rings is 1. The zero-order valence-corrected chi connectivity index (χ0v) is 12.0. The average Bonchev–Trinajstić information content (AvgIpc) is 2.14. The van der Waals surface area contributed by atoms with Crippen LogP contribution in [-0.4, -0.2) is 19.1 Å². The van der Waals surface area contributed by atoms with E-state index in [1.54, 1.807) is 0 Å². The van der Waals surface area contributed by atoms with Gasteiger partial charge in [-0.05, 0) is 6.07 Å². The van der Waals surface area contributed by atoms with Gasteiger partial charge in [-0.2, -0.15) is 13.2 Å². The van der Waals surface area contributed by atoms with Crippen LogP contribution in [0.2, 0.25) is 0 Å². The molecule has 0 unspecified atom stereocenters. The van der Waals surface area contributed by atoms with E-state index in [0.29, 0.717) is 0 Å². The predicted molar refractivity (Wildman–Crippen MR) is 44.5 cm³/mol. The monoisotopic (exact) mass is 283 g/mol. The van der Waals surface area contributed by atoms with Gasteiger partial charge in [0.2, 0.25) is 0 Å². The van der Waals surface area contributed by atoms with Crippen LogP contribution in [0.3, 0.4) is 0 Å². The Kier molecular flexibility index (Phi) is 6.00. The van der Waals surface area contributed by atoms with Gasteiger partial charge >= 0.3 is 64.5 Å². The first-order chi connectivity index (χ1) is 7.16. The van der Waals surface area contributed by atoms with E-state index < -0.39 is 30.1 Å². The summed E-state index contributed by atoms with van der Waals surface area (Å²) in [6.45, 7) is -5.40. The summed E-state index contributed by atoms with van der Waals surface area (Å²) in [6.07, 6.45) is -4.70. The summed E-state index contributed by atoms with van der Waals surface area (Å²) in [4.78, 5) is 2.73. The van der Waals surface area contributed by atoms with Gasteiger partial charge in [0.15, 0.2) is 5.69 Å². The van der Waals surface area contributed by atoms with E-state index in [9.17, 15) is 26.1 Å². The third kappa shape index (κ3) is 4.43. The Hall–Kier alpha value is 0.231. The molecular weight excluding hydrogens is 278 g/mol. The van der Waals surface area contributed by atoms with Crippen molar-refractivity contribution in [2.75, 3.05) is 7.11 Å². The van der Waals surface area contributed by atoms with E-state index in [1.807, 2.05) is 0 Å². The molecule has 1 aromatic rings. The zero-order chi connectivity index (χ0) is 12.6. The maximum atomic E-state index is 12.2. The molecule has 1 heterocycles. The van der Waals surface area contributed by atoms with Crippen LogP contribution in [0.1, 0.15) is 5.69 Å². The minimum Gasteiger partial charge on any atom is -0.495 e. The number of aromatic nitrogens is 1. The number of rotatable bonds is 2.